The van der Waals surface area contributed by atoms with Crippen molar-refractivity contribution in [3.8, 4) is 17.2 Å². The fourth-order valence-electron chi connectivity index (χ4n) is 5.96. The SMILES string of the molecule is N#Cc1ccc(F)c(-c2c(C(=O)OC(c3ccc(C=O)cc3)c3ccc(C=O)cc3)cccc2C(=O)OC(c2ccc(C=O)cc2)c2ccc(C=O)cc2)c1. The molecule has 55 heavy (non-hydrogen) atoms. The standard InChI is InChI=1S/C45H28FNO8/c46-40-21-12-32(23-47)22-39(40)41-37(44(52)54-42(33-13-4-28(24-48)5-14-33)34-15-6-29(25-49)7-16-34)2-1-3-38(41)45(53)55-43(35-17-8-30(26-50)9-18-35)36-19-10-31(27-51)11-20-36/h1-22,24-27,42-43H. The summed E-state index contributed by atoms with van der Waals surface area (Å²) < 4.78 is 28.0. The maximum absolute atomic E-state index is 15.8. The van der Waals surface area contributed by atoms with Crippen molar-refractivity contribution in [2.75, 3.05) is 0 Å². The predicted molar refractivity (Wildman–Crippen MR) is 198 cm³/mol. The van der Waals surface area contributed by atoms with Gasteiger partial charge in [0.15, 0.2) is 12.2 Å². The van der Waals surface area contributed by atoms with Gasteiger partial charge in [-0.25, -0.2) is 14.0 Å². The van der Waals surface area contributed by atoms with E-state index in [0.717, 1.165) is 6.07 Å². The lowest BCUT2D eigenvalue weighted by Gasteiger charge is -2.23. The number of rotatable bonds is 13. The van der Waals surface area contributed by atoms with Gasteiger partial charge in [-0.1, -0.05) is 103 Å². The quantitative estimate of drug-likeness (QED) is 0.0844. The molecule has 0 radical (unpaired) electrons. The van der Waals surface area contributed by atoms with Crippen molar-refractivity contribution in [3.63, 3.8) is 0 Å². The fraction of sp³-hybridized carbons (Fsp3) is 0.0444. The minimum absolute atomic E-state index is 0.0470. The van der Waals surface area contributed by atoms with Crippen LogP contribution in [0.4, 0.5) is 4.39 Å². The van der Waals surface area contributed by atoms with Gasteiger partial charge in [-0.2, -0.15) is 5.26 Å². The zero-order chi connectivity index (χ0) is 38.9. The number of halogens is 1. The molecule has 6 rings (SSSR count). The van der Waals surface area contributed by atoms with Gasteiger partial charge in [-0.15, -0.1) is 0 Å². The third-order valence-electron chi connectivity index (χ3n) is 8.82. The van der Waals surface area contributed by atoms with Crippen LogP contribution in [0, 0.1) is 17.1 Å². The zero-order valence-corrected chi connectivity index (χ0v) is 28.8. The molecule has 10 heteroatoms. The Morgan fingerprint density at radius 3 is 1.18 bits per heavy atom. The van der Waals surface area contributed by atoms with Crippen LogP contribution >= 0.6 is 0 Å². The van der Waals surface area contributed by atoms with Crippen LogP contribution < -0.4 is 0 Å². The van der Waals surface area contributed by atoms with Crippen molar-refractivity contribution < 1.29 is 42.6 Å². The lowest BCUT2D eigenvalue weighted by Crippen LogP contribution is -2.18. The molecule has 0 aliphatic carbocycles. The Morgan fingerprint density at radius 2 is 0.873 bits per heavy atom. The molecule has 9 nitrogen and oxygen atoms in total. The maximum Gasteiger partial charge on any atom is 0.339 e. The van der Waals surface area contributed by atoms with Gasteiger partial charge in [-0.05, 0) is 52.6 Å². The van der Waals surface area contributed by atoms with Crippen molar-refractivity contribution >= 4 is 37.1 Å². The van der Waals surface area contributed by atoms with Gasteiger partial charge < -0.3 is 9.47 Å². The van der Waals surface area contributed by atoms with Gasteiger partial charge >= 0.3 is 11.9 Å². The van der Waals surface area contributed by atoms with Crippen molar-refractivity contribution in [3.05, 3.63) is 200 Å². The second-order valence-electron chi connectivity index (χ2n) is 12.2. The van der Waals surface area contributed by atoms with E-state index in [1.165, 1.54) is 30.3 Å². The number of carbonyl (C=O) groups excluding carboxylic acids is 6. The number of aldehydes is 4. The topological polar surface area (TPSA) is 145 Å². The predicted octanol–water partition coefficient (Wildman–Crippen LogP) is 8.51. The first-order valence-electron chi connectivity index (χ1n) is 16.7. The first-order valence-corrected chi connectivity index (χ1v) is 16.7. The Hall–Kier alpha value is -7.64. The van der Waals surface area contributed by atoms with Gasteiger partial charge in [0.25, 0.3) is 0 Å². The molecule has 0 heterocycles. The van der Waals surface area contributed by atoms with Crippen molar-refractivity contribution in [1.82, 2.24) is 0 Å². The average Bonchev–Trinajstić information content (AvgIpc) is 3.24. The number of benzene rings is 6. The lowest BCUT2D eigenvalue weighted by atomic mass is 9.92. The van der Waals surface area contributed by atoms with E-state index in [1.807, 2.05) is 6.07 Å². The summed E-state index contributed by atoms with van der Waals surface area (Å²) in [6.45, 7) is 0. The van der Waals surface area contributed by atoms with Crippen LogP contribution in [0.15, 0.2) is 133 Å². The highest BCUT2D eigenvalue weighted by Gasteiger charge is 2.29. The molecule has 0 aromatic heterocycles. The van der Waals surface area contributed by atoms with Crippen LogP contribution in [0.25, 0.3) is 11.1 Å². The molecule has 0 N–H and O–H groups in total. The Kier molecular flexibility index (Phi) is 11.3. The van der Waals surface area contributed by atoms with E-state index in [1.54, 1.807) is 97.1 Å². The molecule has 0 aliphatic rings. The summed E-state index contributed by atoms with van der Waals surface area (Å²) in [6, 6.07) is 34.7. The molecule has 268 valence electrons. The van der Waals surface area contributed by atoms with E-state index in [-0.39, 0.29) is 27.8 Å². The van der Waals surface area contributed by atoms with E-state index in [4.69, 9.17) is 9.47 Å². The molecule has 0 saturated carbocycles. The molecule has 0 saturated heterocycles. The fourth-order valence-corrected chi connectivity index (χ4v) is 5.96. The molecule has 6 aromatic carbocycles. The Labute approximate surface area is 314 Å². The van der Waals surface area contributed by atoms with Gasteiger partial charge in [-0.3, -0.25) is 19.2 Å². The monoisotopic (exact) mass is 729 g/mol. The summed E-state index contributed by atoms with van der Waals surface area (Å²) in [6.07, 6.45) is 0.483. The van der Waals surface area contributed by atoms with Crippen LogP contribution in [0.5, 0.6) is 0 Å². The largest absolute Gasteiger partial charge is 0.449 e. The summed E-state index contributed by atoms with van der Waals surface area (Å²) >= 11 is 0. The molecule has 6 aromatic rings. The van der Waals surface area contributed by atoms with Crippen molar-refractivity contribution in [2.45, 2.75) is 12.2 Å². The van der Waals surface area contributed by atoms with Crippen LogP contribution in [0.2, 0.25) is 0 Å². The molecular formula is C45H28FNO8. The van der Waals surface area contributed by atoms with E-state index in [9.17, 15) is 34.0 Å². The van der Waals surface area contributed by atoms with E-state index in [0.29, 0.717) is 69.7 Å². The van der Waals surface area contributed by atoms with E-state index in [2.05, 4.69) is 0 Å². The number of nitrogens with zero attached hydrogens (tertiary/aromatic N) is 1. The van der Waals surface area contributed by atoms with Crippen LogP contribution in [-0.4, -0.2) is 37.1 Å². The first kappa shape index (κ1) is 37.1. The normalized spacial score (nSPS) is 10.7. The summed E-state index contributed by atoms with van der Waals surface area (Å²) in [7, 11) is 0. The van der Waals surface area contributed by atoms with Gasteiger partial charge in [0.05, 0.1) is 22.8 Å². The maximum atomic E-state index is 15.8. The molecule has 0 bridgehead atoms. The highest BCUT2D eigenvalue weighted by atomic mass is 19.1. The van der Waals surface area contributed by atoms with E-state index >= 15 is 4.39 Å². The summed E-state index contributed by atoms with van der Waals surface area (Å²) in [5.41, 5.74) is 2.52. The number of nitriles is 1. The Bertz CT molecular complexity index is 2210. The van der Waals surface area contributed by atoms with Gasteiger partial charge in [0.1, 0.15) is 31.0 Å². The molecule has 0 spiro atoms. The molecule has 0 fully saturated rings. The van der Waals surface area contributed by atoms with Gasteiger partial charge in [0, 0.05) is 33.4 Å². The number of hydrogen-bond donors (Lipinski definition) is 0. The van der Waals surface area contributed by atoms with Crippen LogP contribution in [0.1, 0.15) is 102 Å². The number of hydrogen-bond acceptors (Lipinski definition) is 9. The number of carbonyl (C=O) groups is 6. The molecule has 0 atom stereocenters. The van der Waals surface area contributed by atoms with Gasteiger partial charge in [0.2, 0.25) is 0 Å². The van der Waals surface area contributed by atoms with Crippen LogP contribution in [-0.2, 0) is 9.47 Å². The first-order chi connectivity index (χ1) is 26.8. The third kappa shape index (κ3) is 8.22. The van der Waals surface area contributed by atoms with E-state index < -0.39 is 30.0 Å². The lowest BCUT2D eigenvalue weighted by molar-refractivity contribution is 0.0376. The second kappa shape index (κ2) is 16.8. The summed E-state index contributed by atoms with van der Waals surface area (Å²) in [4.78, 5) is 74.2. The molecule has 0 unspecified atom stereocenters. The summed E-state index contributed by atoms with van der Waals surface area (Å²) in [5, 5.41) is 9.71. The van der Waals surface area contributed by atoms with Crippen molar-refractivity contribution in [1.29, 1.82) is 5.26 Å². The highest BCUT2D eigenvalue weighted by molar-refractivity contribution is 6.06. The number of ether oxygens (including phenoxy) is 2. The third-order valence-corrected chi connectivity index (χ3v) is 8.82. The minimum Gasteiger partial charge on any atom is -0.449 e. The molecule has 0 amide bonds. The molecular weight excluding hydrogens is 701 g/mol. The smallest absolute Gasteiger partial charge is 0.339 e. The second-order valence-corrected chi connectivity index (χ2v) is 12.2. The van der Waals surface area contributed by atoms with Crippen molar-refractivity contribution in [2.24, 2.45) is 0 Å². The Balaban J connectivity index is 1.47. The summed E-state index contributed by atoms with van der Waals surface area (Å²) in [5.74, 6) is -2.79. The highest BCUT2D eigenvalue weighted by Crippen LogP contribution is 2.36. The number of esters is 2. The molecule has 0 aliphatic heterocycles. The Morgan fingerprint density at radius 1 is 0.527 bits per heavy atom. The zero-order valence-electron chi connectivity index (χ0n) is 28.8. The van der Waals surface area contributed by atoms with Crippen LogP contribution in [0.3, 0.4) is 0 Å². The minimum atomic E-state index is -1.08. The average molecular weight is 730 g/mol.